The predicted octanol–water partition coefficient (Wildman–Crippen LogP) is 4.95. The number of halogens is 6. The van der Waals surface area contributed by atoms with Crippen LogP contribution in [0.1, 0.15) is 11.1 Å². The summed E-state index contributed by atoms with van der Waals surface area (Å²) < 4.78 is 79.1. The standard InChI is InChI=1S/C19H15F6N7O2/c1-33-32-17-29-15(27-13-5-7-14(8-6-13)34-19(23,24)25)28-16(30-17)31-26-10-11-3-2-4-12(9-11)18(20,21)22/h2-10H,1H3,(H3,27,28,29,30,31,32)/b26-10+. The summed E-state index contributed by atoms with van der Waals surface area (Å²) in [6.07, 6.45) is -8.18. The average molecular weight is 487 g/mol. The number of hydrogen-bond donors (Lipinski definition) is 3. The van der Waals surface area contributed by atoms with Gasteiger partial charge in [-0.1, -0.05) is 12.1 Å². The molecule has 3 rings (SSSR count). The van der Waals surface area contributed by atoms with Gasteiger partial charge >= 0.3 is 12.5 Å². The normalized spacial score (nSPS) is 12.0. The van der Waals surface area contributed by atoms with Gasteiger partial charge in [-0.2, -0.15) is 33.2 Å². The van der Waals surface area contributed by atoms with Crippen LogP contribution in [-0.4, -0.2) is 34.6 Å². The minimum atomic E-state index is -4.82. The number of alkyl halides is 6. The van der Waals surface area contributed by atoms with Gasteiger partial charge in [-0.05, 0) is 42.0 Å². The molecule has 0 saturated carbocycles. The molecule has 0 unspecified atom stereocenters. The summed E-state index contributed by atoms with van der Waals surface area (Å²) in [6.45, 7) is 0. The van der Waals surface area contributed by atoms with Crippen LogP contribution in [0.2, 0.25) is 0 Å². The van der Waals surface area contributed by atoms with Crippen molar-refractivity contribution in [1.29, 1.82) is 0 Å². The molecule has 15 heteroatoms. The first-order valence-corrected chi connectivity index (χ1v) is 9.16. The van der Waals surface area contributed by atoms with Gasteiger partial charge in [0.05, 0.1) is 18.9 Å². The summed E-state index contributed by atoms with van der Waals surface area (Å²) >= 11 is 0. The second-order valence-corrected chi connectivity index (χ2v) is 6.30. The Hall–Kier alpha value is -4.14. The van der Waals surface area contributed by atoms with E-state index >= 15 is 0 Å². The molecule has 0 fully saturated rings. The molecule has 0 atom stereocenters. The Labute approximate surface area is 187 Å². The third-order valence-electron chi connectivity index (χ3n) is 3.76. The van der Waals surface area contributed by atoms with Crippen molar-refractivity contribution in [2.45, 2.75) is 12.5 Å². The summed E-state index contributed by atoms with van der Waals surface area (Å²) in [4.78, 5) is 16.7. The number of aromatic nitrogens is 3. The number of benzene rings is 2. The molecule has 0 aliphatic heterocycles. The quantitative estimate of drug-likeness (QED) is 0.233. The third kappa shape index (κ3) is 7.47. The molecule has 9 nitrogen and oxygen atoms in total. The first-order chi connectivity index (χ1) is 16.0. The van der Waals surface area contributed by atoms with Gasteiger partial charge in [0.1, 0.15) is 5.75 Å². The fourth-order valence-corrected chi connectivity index (χ4v) is 2.45. The van der Waals surface area contributed by atoms with Crippen LogP contribution < -0.4 is 21.0 Å². The SMILES string of the molecule is CONc1nc(N/N=C/c2cccc(C(F)(F)F)c2)nc(Nc2ccc(OC(F)(F)F)cc2)n1. The molecule has 0 amide bonds. The lowest BCUT2D eigenvalue weighted by atomic mass is 10.1. The van der Waals surface area contributed by atoms with E-state index < -0.39 is 23.9 Å². The smallest absolute Gasteiger partial charge is 0.406 e. The Morgan fingerprint density at radius 2 is 1.56 bits per heavy atom. The Balaban J connectivity index is 1.74. The van der Waals surface area contributed by atoms with Crippen LogP contribution in [0, 0.1) is 0 Å². The summed E-state index contributed by atoms with van der Waals surface area (Å²) in [6, 6.07) is 9.27. The van der Waals surface area contributed by atoms with Crippen LogP contribution in [0.5, 0.6) is 5.75 Å². The van der Waals surface area contributed by atoms with E-state index in [1.807, 2.05) is 0 Å². The van der Waals surface area contributed by atoms with Crippen molar-refractivity contribution in [3.63, 3.8) is 0 Å². The molecular weight excluding hydrogens is 472 g/mol. The topological polar surface area (TPSA) is 106 Å². The molecule has 1 heterocycles. The molecule has 3 aromatic rings. The number of anilines is 4. The van der Waals surface area contributed by atoms with E-state index in [4.69, 9.17) is 4.84 Å². The molecular formula is C19H15F6N7O2. The molecule has 2 aromatic carbocycles. The van der Waals surface area contributed by atoms with Crippen molar-refractivity contribution >= 4 is 29.7 Å². The highest BCUT2D eigenvalue weighted by Crippen LogP contribution is 2.29. The lowest BCUT2D eigenvalue weighted by Gasteiger charge is -2.11. The number of hydrazone groups is 1. The number of hydrogen-bond acceptors (Lipinski definition) is 9. The second kappa shape index (κ2) is 10.2. The van der Waals surface area contributed by atoms with Gasteiger partial charge in [0.15, 0.2) is 0 Å². The third-order valence-corrected chi connectivity index (χ3v) is 3.76. The number of nitrogens with one attached hydrogen (secondary N) is 3. The number of rotatable bonds is 8. The fraction of sp³-hybridized carbons (Fsp3) is 0.158. The van der Waals surface area contributed by atoms with Crippen molar-refractivity contribution in [1.82, 2.24) is 15.0 Å². The summed E-state index contributed by atoms with van der Waals surface area (Å²) in [5.41, 5.74) is 4.50. The summed E-state index contributed by atoms with van der Waals surface area (Å²) in [5, 5.41) is 6.57. The van der Waals surface area contributed by atoms with E-state index in [9.17, 15) is 26.3 Å². The minimum Gasteiger partial charge on any atom is -0.406 e. The molecule has 0 radical (unpaired) electrons. The van der Waals surface area contributed by atoms with E-state index in [0.717, 1.165) is 30.5 Å². The van der Waals surface area contributed by atoms with E-state index in [0.29, 0.717) is 5.69 Å². The molecule has 34 heavy (non-hydrogen) atoms. The largest absolute Gasteiger partial charge is 0.573 e. The molecule has 0 aliphatic carbocycles. The van der Waals surface area contributed by atoms with Crippen LogP contribution in [-0.2, 0) is 11.0 Å². The summed E-state index contributed by atoms with van der Waals surface area (Å²) in [7, 11) is 1.30. The van der Waals surface area contributed by atoms with Crippen LogP contribution in [0.3, 0.4) is 0 Å². The van der Waals surface area contributed by atoms with Gasteiger partial charge in [-0.15, -0.1) is 13.2 Å². The summed E-state index contributed by atoms with van der Waals surface area (Å²) in [5.74, 6) is -0.636. The highest BCUT2D eigenvalue weighted by molar-refractivity contribution is 5.80. The molecule has 180 valence electrons. The van der Waals surface area contributed by atoms with E-state index in [1.165, 1.54) is 31.4 Å². The Morgan fingerprint density at radius 3 is 2.21 bits per heavy atom. The first-order valence-electron chi connectivity index (χ1n) is 9.16. The molecule has 0 aliphatic rings. The van der Waals surface area contributed by atoms with Crippen LogP contribution in [0.4, 0.5) is 49.9 Å². The maximum absolute atomic E-state index is 12.8. The van der Waals surface area contributed by atoms with Gasteiger partial charge in [-0.3, -0.25) is 4.84 Å². The van der Waals surface area contributed by atoms with Gasteiger partial charge in [-0.25, -0.2) is 10.9 Å². The van der Waals surface area contributed by atoms with Gasteiger partial charge < -0.3 is 10.1 Å². The Morgan fingerprint density at radius 1 is 0.882 bits per heavy atom. The van der Waals surface area contributed by atoms with Crippen molar-refractivity contribution in [3.8, 4) is 5.75 Å². The lowest BCUT2D eigenvalue weighted by Crippen LogP contribution is -2.17. The van der Waals surface area contributed by atoms with Crippen LogP contribution in [0.15, 0.2) is 53.6 Å². The van der Waals surface area contributed by atoms with Gasteiger partial charge in [0, 0.05) is 5.69 Å². The Kier molecular flexibility index (Phi) is 7.35. The molecule has 0 saturated heterocycles. The monoisotopic (exact) mass is 487 g/mol. The van der Waals surface area contributed by atoms with Crippen molar-refractivity contribution in [3.05, 3.63) is 59.7 Å². The predicted molar refractivity (Wildman–Crippen MR) is 110 cm³/mol. The molecule has 0 spiro atoms. The molecule has 1 aromatic heterocycles. The zero-order valence-electron chi connectivity index (χ0n) is 17.1. The van der Waals surface area contributed by atoms with E-state index in [-0.39, 0.29) is 23.4 Å². The zero-order chi connectivity index (χ0) is 24.8. The molecule has 0 bridgehead atoms. The minimum absolute atomic E-state index is 0.0455. The van der Waals surface area contributed by atoms with Gasteiger partial charge in [0.2, 0.25) is 11.9 Å². The lowest BCUT2D eigenvalue weighted by molar-refractivity contribution is -0.274. The maximum Gasteiger partial charge on any atom is 0.573 e. The van der Waals surface area contributed by atoms with Crippen LogP contribution >= 0.6 is 0 Å². The second-order valence-electron chi connectivity index (χ2n) is 6.30. The van der Waals surface area contributed by atoms with E-state index in [2.05, 4.69) is 41.0 Å². The van der Waals surface area contributed by atoms with Crippen molar-refractivity contribution in [2.75, 3.05) is 23.3 Å². The number of ether oxygens (including phenoxy) is 1. The van der Waals surface area contributed by atoms with Crippen molar-refractivity contribution in [2.24, 2.45) is 5.10 Å². The average Bonchev–Trinajstić information content (AvgIpc) is 2.74. The van der Waals surface area contributed by atoms with E-state index in [1.54, 1.807) is 0 Å². The highest BCUT2D eigenvalue weighted by atomic mass is 19.4. The number of nitrogens with zero attached hydrogens (tertiary/aromatic N) is 4. The highest BCUT2D eigenvalue weighted by Gasteiger charge is 2.31. The van der Waals surface area contributed by atoms with Gasteiger partial charge in [0.25, 0.3) is 5.95 Å². The Bertz CT molecular complexity index is 1140. The first kappa shape index (κ1) is 24.5. The maximum atomic E-state index is 12.8. The molecule has 3 N–H and O–H groups in total. The fourth-order valence-electron chi connectivity index (χ4n) is 2.45. The van der Waals surface area contributed by atoms with Crippen LogP contribution in [0.25, 0.3) is 0 Å². The van der Waals surface area contributed by atoms with Crippen molar-refractivity contribution < 1.29 is 35.9 Å². The zero-order valence-corrected chi connectivity index (χ0v) is 17.1.